The Morgan fingerprint density at radius 2 is 1.69 bits per heavy atom. The highest BCUT2D eigenvalue weighted by molar-refractivity contribution is 5.93. The number of nitrogens with zero attached hydrogens (tertiary/aromatic N) is 2. The Hall–Kier alpha value is -3.39. The molecule has 2 aromatic carbocycles. The predicted octanol–water partition coefficient (Wildman–Crippen LogP) is 2.78. The average molecular weight is 439 g/mol. The van der Waals surface area contributed by atoms with Gasteiger partial charge in [0.25, 0.3) is 0 Å². The first kappa shape index (κ1) is 21.8. The molecule has 168 valence electrons. The number of hydrogen-bond acceptors (Lipinski definition) is 5. The van der Waals surface area contributed by atoms with E-state index < -0.39 is 0 Å². The zero-order chi connectivity index (χ0) is 22.3. The quantitative estimate of drug-likeness (QED) is 0.726. The van der Waals surface area contributed by atoms with Crippen LogP contribution in [0.3, 0.4) is 0 Å². The fourth-order valence-corrected chi connectivity index (χ4v) is 3.62. The van der Waals surface area contributed by atoms with Crippen molar-refractivity contribution in [3.63, 3.8) is 0 Å². The van der Waals surface area contributed by atoms with Gasteiger partial charge < -0.3 is 19.7 Å². The summed E-state index contributed by atoms with van der Waals surface area (Å²) in [5.74, 6) is 0.857. The van der Waals surface area contributed by atoms with Gasteiger partial charge in [-0.05, 0) is 48.0 Å². The molecule has 0 aromatic heterocycles. The number of hydrogen-bond donors (Lipinski definition) is 1. The molecule has 7 nitrogen and oxygen atoms in total. The Balaban J connectivity index is 1.24. The molecule has 0 saturated carbocycles. The summed E-state index contributed by atoms with van der Waals surface area (Å²) in [6, 6.07) is 11.3. The molecule has 1 saturated heterocycles. The monoisotopic (exact) mass is 439 g/mol. The van der Waals surface area contributed by atoms with Crippen LogP contribution in [0.15, 0.2) is 48.5 Å². The molecule has 2 amide bonds. The molecule has 2 aromatic rings. The van der Waals surface area contributed by atoms with E-state index in [1.807, 2.05) is 23.1 Å². The number of ether oxygens (including phenoxy) is 2. The number of rotatable bonds is 5. The summed E-state index contributed by atoms with van der Waals surface area (Å²) in [5, 5.41) is 2.76. The van der Waals surface area contributed by atoms with Crippen molar-refractivity contribution < 1.29 is 23.5 Å². The number of carbonyl (C=O) groups is 2. The summed E-state index contributed by atoms with van der Waals surface area (Å²) in [6.07, 6.45) is 4.19. The number of fused-ring (bicyclic) bond motifs is 1. The van der Waals surface area contributed by atoms with Crippen LogP contribution in [0.4, 0.5) is 10.1 Å². The number of nitrogens with one attached hydrogen (secondary N) is 1. The van der Waals surface area contributed by atoms with E-state index in [-0.39, 0.29) is 24.2 Å². The lowest BCUT2D eigenvalue weighted by molar-refractivity contribution is -0.127. The van der Waals surface area contributed by atoms with Crippen molar-refractivity contribution >= 4 is 23.6 Å². The van der Waals surface area contributed by atoms with Crippen molar-refractivity contribution in [3.05, 3.63) is 59.9 Å². The highest BCUT2D eigenvalue weighted by atomic mass is 19.1. The van der Waals surface area contributed by atoms with Crippen LogP contribution >= 0.6 is 0 Å². The van der Waals surface area contributed by atoms with Gasteiger partial charge in [-0.15, -0.1) is 0 Å². The van der Waals surface area contributed by atoms with Crippen LogP contribution in [-0.4, -0.2) is 67.6 Å². The summed E-state index contributed by atoms with van der Waals surface area (Å²) in [5.41, 5.74) is 1.43. The van der Waals surface area contributed by atoms with Gasteiger partial charge in [0.15, 0.2) is 11.5 Å². The third kappa shape index (κ3) is 5.85. The second-order valence-electron chi connectivity index (χ2n) is 7.75. The number of benzene rings is 2. The number of amides is 2. The summed E-state index contributed by atoms with van der Waals surface area (Å²) in [6.45, 7) is 3.81. The van der Waals surface area contributed by atoms with Crippen LogP contribution in [0.25, 0.3) is 6.08 Å². The molecule has 2 heterocycles. The Morgan fingerprint density at radius 1 is 0.969 bits per heavy atom. The minimum atomic E-state index is -0.345. The summed E-state index contributed by atoms with van der Waals surface area (Å²) >= 11 is 0. The lowest BCUT2D eigenvalue weighted by Gasteiger charge is -2.33. The zero-order valence-electron chi connectivity index (χ0n) is 17.8. The summed E-state index contributed by atoms with van der Waals surface area (Å²) in [4.78, 5) is 28.5. The van der Waals surface area contributed by atoms with E-state index >= 15 is 0 Å². The standard InChI is InChI=1S/C24H26FN3O4/c25-19-4-6-20(7-5-19)26-23(29)17-27-10-12-28(13-11-27)24(30)9-3-18-2-8-21-22(16-18)32-15-1-14-31-21/h2-9,16H,1,10-15,17H2,(H,26,29)/b9-3+. The van der Waals surface area contributed by atoms with E-state index in [1.54, 1.807) is 17.1 Å². The molecule has 2 aliphatic rings. The maximum atomic E-state index is 13.0. The van der Waals surface area contributed by atoms with Gasteiger partial charge in [0.2, 0.25) is 11.8 Å². The maximum Gasteiger partial charge on any atom is 0.246 e. The Labute approximate surface area is 186 Å². The fourth-order valence-electron chi connectivity index (χ4n) is 3.62. The topological polar surface area (TPSA) is 71.1 Å². The molecule has 4 rings (SSSR count). The SMILES string of the molecule is O=C(CN1CCN(C(=O)/C=C/c2ccc3c(c2)OCCCO3)CC1)Nc1ccc(F)cc1. The van der Waals surface area contributed by atoms with Crippen molar-refractivity contribution in [2.24, 2.45) is 0 Å². The van der Waals surface area contributed by atoms with Crippen molar-refractivity contribution in [2.45, 2.75) is 6.42 Å². The maximum absolute atomic E-state index is 13.0. The molecule has 1 N–H and O–H groups in total. The Kier molecular flexibility index (Phi) is 7.01. The van der Waals surface area contributed by atoms with Crippen LogP contribution in [-0.2, 0) is 9.59 Å². The summed E-state index contributed by atoms with van der Waals surface area (Å²) in [7, 11) is 0. The van der Waals surface area contributed by atoms with E-state index in [2.05, 4.69) is 5.32 Å². The first-order valence-corrected chi connectivity index (χ1v) is 10.7. The van der Waals surface area contributed by atoms with Crippen LogP contribution in [0, 0.1) is 5.82 Å². The van der Waals surface area contributed by atoms with Gasteiger partial charge in [0.1, 0.15) is 5.82 Å². The molecule has 2 aliphatic heterocycles. The van der Waals surface area contributed by atoms with Gasteiger partial charge in [-0.3, -0.25) is 14.5 Å². The van der Waals surface area contributed by atoms with E-state index in [1.165, 1.54) is 24.3 Å². The van der Waals surface area contributed by atoms with E-state index in [9.17, 15) is 14.0 Å². The molecule has 0 radical (unpaired) electrons. The normalized spacial score (nSPS) is 16.6. The van der Waals surface area contributed by atoms with Crippen molar-refractivity contribution in [1.82, 2.24) is 9.80 Å². The van der Waals surface area contributed by atoms with Crippen molar-refractivity contribution in [2.75, 3.05) is 51.3 Å². The highest BCUT2D eigenvalue weighted by Gasteiger charge is 2.21. The molecule has 8 heteroatoms. The molecule has 0 unspecified atom stereocenters. The second kappa shape index (κ2) is 10.3. The smallest absolute Gasteiger partial charge is 0.246 e. The van der Waals surface area contributed by atoms with Crippen molar-refractivity contribution in [1.29, 1.82) is 0 Å². The zero-order valence-corrected chi connectivity index (χ0v) is 17.8. The van der Waals surface area contributed by atoms with Crippen LogP contribution in [0.1, 0.15) is 12.0 Å². The van der Waals surface area contributed by atoms with Gasteiger partial charge in [0, 0.05) is 44.4 Å². The highest BCUT2D eigenvalue weighted by Crippen LogP contribution is 2.30. The minimum Gasteiger partial charge on any atom is -0.490 e. The van der Waals surface area contributed by atoms with E-state index in [0.29, 0.717) is 50.8 Å². The number of piperazine rings is 1. The average Bonchev–Trinajstić information content (AvgIpc) is 3.04. The molecular weight excluding hydrogens is 413 g/mol. The molecular formula is C24H26FN3O4. The largest absolute Gasteiger partial charge is 0.490 e. The molecule has 1 fully saturated rings. The Bertz CT molecular complexity index is 985. The van der Waals surface area contributed by atoms with Gasteiger partial charge >= 0.3 is 0 Å². The Morgan fingerprint density at radius 3 is 2.44 bits per heavy atom. The van der Waals surface area contributed by atoms with E-state index in [4.69, 9.17) is 9.47 Å². The lowest BCUT2D eigenvalue weighted by Crippen LogP contribution is -2.50. The summed E-state index contributed by atoms with van der Waals surface area (Å²) < 4.78 is 24.3. The first-order chi connectivity index (χ1) is 15.6. The molecule has 0 bridgehead atoms. The number of halogens is 1. The fraction of sp³-hybridized carbons (Fsp3) is 0.333. The van der Waals surface area contributed by atoms with E-state index in [0.717, 1.165) is 17.7 Å². The van der Waals surface area contributed by atoms with Gasteiger partial charge in [0.05, 0.1) is 19.8 Å². The predicted molar refractivity (Wildman–Crippen MR) is 119 cm³/mol. The van der Waals surface area contributed by atoms with Crippen LogP contribution in [0.5, 0.6) is 11.5 Å². The van der Waals surface area contributed by atoms with Gasteiger partial charge in [-0.1, -0.05) is 6.07 Å². The first-order valence-electron chi connectivity index (χ1n) is 10.7. The second-order valence-corrected chi connectivity index (χ2v) is 7.75. The molecule has 0 atom stereocenters. The van der Waals surface area contributed by atoms with Gasteiger partial charge in [-0.2, -0.15) is 0 Å². The van der Waals surface area contributed by atoms with Gasteiger partial charge in [-0.25, -0.2) is 4.39 Å². The van der Waals surface area contributed by atoms with Crippen LogP contribution in [0.2, 0.25) is 0 Å². The minimum absolute atomic E-state index is 0.0625. The lowest BCUT2D eigenvalue weighted by atomic mass is 10.2. The number of carbonyl (C=O) groups excluding carboxylic acids is 2. The molecule has 0 aliphatic carbocycles. The van der Waals surface area contributed by atoms with Crippen LogP contribution < -0.4 is 14.8 Å². The third-order valence-corrected chi connectivity index (χ3v) is 5.37. The third-order valence-electron chi connectivity index (χ3n) is 5.37. The number of anilines is 1. The molecule has 32 heavy (non-hydrogen) atoms. The van der Waals surface area contributed by atoms with Crippen molar-refractivity contribution in [3.8, 4) is 11.5 Å². The molecule has 0 spiro atoms.